The number of carbonyl (C=O) groups excluding carboxylic acids is 1. The Morgan fingerprint density at radius 3 is 2.32 bits per heavy atom. The van der Waals surface area contributed by atoms with Gasteiger partial charge in [0.1, 0.15) is 5.75 Å². The van der Waals surface area contributed by atoms with E-state index in [0.717, 1.165) is 0 Å². The summed E-state index contributed by atoms with van der Waals surface area (Å²) in [6.45, 7) is 3.24. The van der Waals surface area contributed by atoms with Gasteiger partial charge in [-0.05, 0) is 49.7 Å². The number of nitrogens with one attached hydrogen (secondary N) is 1. The number of halogens is 2. The van der Waals surface area contributed by atoms with Gasteiger partial charge in [-0.25, -0.2) is 0 Å². The average Bonchev–Trinajstić information content (AvgIpc) is 2.62. The topological polar surface area (TPSA) is 84.9 Å². The minimum atomic E-state index is -1.20. The van der Waals surface area contributed by atoms with Crippen LogP contribution in [0.2, 0.25) is 10.0 Å². The Morgan fingerprint density at radius 2 is 1.79 bits per heavy atom. The van der Waals surface area contributed by atoms with Crippen molar-refractivity contribution in [2.24, 2.45) is 0 Å². The fraction of sp³-hybridized carbons (Fsp3) is 0.300. The van der Waals surface area contributed by atoms with E-state index in [4.69, 9.17) is 37.8 Å². The highest BCUT2D eigenvalue weighted by atomic mass is 35.5. The number of hydrogen-bond donors (Lipinski definition) is 2. The second-order valence-electron chi connectivity index (χ2n) is 6.59. The normalized spacial score (nSPS) is 12.3. The van der Waals surface area contributed by atoms with Crippen molar-refractivity contribution in [2.75, 3.05) is 12.4 Å². The first kappa shape index (κ1) is 22.0. The van der Waals surface area contributed by atoms with Crippen LogP contribution >= 0.6 is 23.2 Å². The largest absolute Gasteiger partial charge is 0.481 e. The Bertz CT molecular complexity index is 852. The summed E-state index contributed by atoms with van der Waals surface area (Å²) in [4.78, 5) is 23.5. The molecule has 6 nitrogen and oxygen atoms in total. The molecule has 2 N–H and O–H groups in total. The van der Waals surface area contributed by atoms with Crippen molar-refractivity contribution in [3.05, 3.63) is 58.1 Å². The molecule has 2 aromatic carbocycles. The zero-order valence-electron chi connectivity index (χ0n) is 15.7. The molecule has 0 aliphatic heterocycles. The van der Waals surface area contributed by atoms with Crippen LogP contribution in [-0.4, -0.2) is 29.7 Å². The molecule has 8 heteroatoms. The molecule has 1 atom stereocenters. The predicted octanol–water partition coefficient (Wildman–Crippen LogP) is 4.95. The highest BCUT2D eigenvalue weighted by Crippen LogP contribution is 2.31. The van der Waals surface area contributed by atoms with Gasteiger partial charge in [0, 0.05) is 17.8 Å². The number of ether oxygens (including phenoxy) is 2. The van der Waals surface area contributed by atoms with E-state index >= 15 is 0 Å². The molecule has 150 valence electrons. The molecule has 0 saturated carbocycles. The molecule has 0 spiro atoms. The number of rotatable bonds is 8. The first-order valence-corrected chi connectivity index (χ1v) is 9.18. The molecule has 2 rings (SSSR count). The molecule has 0 aliphatic carbocycles. The summed E-state index contributed by atoms with van der Waals surface area (Å²) in [6, 6.07) is 11.5. The first-order valence-electron chi connectivity index (χ1n) is 8.42. The van der Waals surface area contributed by atoms with Gasteiger partial charge < -0.3 is 19.9 Å². The molecule has 0 aliphatic rings. The molecular formula is C20H21Cl2NO5. The van der Waals surface area contributed by atoms with Crippen molar-refractivity contribution in [2.45, 2.75) is 32.0 Å². The SMILES string of the molecule is COC(CC(=O)O)c1ccc(NC(=O)C(C)(C)Oc2ccc(Cl)cc2Cl)cc1. The lowest BCUT2D eigenvalue weighted by Gasteiger charge is -2.26. The molecule has 0 fully saturated rings. The first-order chi connectivity index (χ1) is 13.1. The number of hydrogen-bond acceptors (Lipinski definition) is 4. The highest BCUT2D eigenvalue weighted by Gasteiger charge is 2.31. The van der Waals surface area contributed by atoms with Crippen LogP contribution < -0.4 is 10.1 Å². The number of benzene rings is 2. The lowest BCUT2D eigenvalue weighted by molar-refractivity contribution is -0.139. The van der Waals surface area contributed by atoms with E-state index in [9.17, 15) is 9.59 Å². The van der Waals surface area contributed by atoms with Gasteiger partial charge in [-0.15, -0.1) is 0 Å². The summed E-state index contributed by atoms with van der Waals surface area (Å²) >= 11 is 12.0. The van der Waals surface area contributed by atoms with Crippen LogP contribution in [0.3, 0.4) is 0 Å². The third-order valence-electron chi connectivity index (χ3n) is 3.99. The Morgan fingerprint density at radius 1 is 1.14 bits per heavy atom. The second kappa shape index (κ2) is 9.28. The van der Waals surface area contributed by atoms with Gasteiger partial charge in [0.15, 0.2) is 5.60 Å². The Hall–Kier alpha value is -2.28. The van der Waals surface area contributed by atoms with Crippen LogP contribution in [0.4, 0.5) is 5.69 Å². The van der Waals surface area contributed by atoms with Crippen LogP contribution in [0.5, 0.6) is 5.75 Å². The molecule has 0 radical (unpaired) electrons. The maximum Gasteiger partial charge on any atom is 0.306 e. The monoisotopic (exact) mass is 425 g/mol. The Labute approximate surface area is 173 Å². The fourth-order valence-corrected chi connectivity index (χ4v) is 2.88. The summed E-state index contributed by atoms with van der Waals surface area (Å²) in [7, 11) is 1.45. The summed E-state index contributed by atoms with van der Waals surface area (Å²) in [5.41, 5.74) is 0.0401. The van der Waals surface area contributed by atoms with E-state index in [2.05, 4.69) is 5.32 Å². The number of carboxylic acid groups (broad SMARTS) is 1. The molecular weight excluding hydrogens is 405 g/mol. The fourth-order valence-electron chi connectivity index (χ4n) is 2.44. The third-order valence-corrected chi connectivity index (χ3v) is 4.52. The number of aliphatic carboxylic acids is 1. The maximum atomic E-state index is 12.6. The van der Waals surface area contributed by atoms with Gasteiger partial charge in [0.25, 0.3) is 5.91 Å². The van der Waals surface area contributed by atoms with Gasteiger partial charge in [-0.2, -0.15) is 0 Å². The quantitative estimate of drug-likeness (QED) is 0.624. The molecule has 1 unspecified atom stereocenters. The summed E-state index contributed by atoms with van der Waals surface area (Å²) in [6.07, 6.45) is -0.709. The Balaban J connectivity index is 2.07. The van der Waals surface area contributed by atoms with Gasteiger partial charge >= 0.3 is 5.97 Å². The van der Waals surface area contributed by atoms with Crippen molar-refractivity contribution in [3.8, 4) is 5.75 Å². The molecule has 0 heterocycles. The highest BCUT2D eigenvalue weighted by molar-refractivity contribution is 6.35. The lowest BCUT2D eigenvalue weighted by Crippen LogP contribution is -2.42. The Kier molecular flexibility index (Phi) is 7.29. The van der Waals surface area contributed by atoms with Crippen LogP contribution in [0.1, 0.15) is 31.9 Å². The van der Waals surface area contributed by atoms with Crippen molar-refractivity contribution in [3.63, 3.8) is 0 Å². The molecule has 28 heavy (non-hydrogen) atoms. The van der Waals surface area contributed by atoms with Crippen LogP contribution in [0, 0.1) is 0 Å². The number of carbonyl (C=O) groups is 2. The smallest absolute Gasteiger partial charge is 0.306 e. The summed E-state index contributed by atoms with van der Waals surface area (Å²) < 4.78 is 11.0. The number of anilines is 1. The number of methoxy groups -OCH3 is 1. The van der Waals surface area contributed by atoms with E-state index in [1.54, 1.807) is 50.2 Å². The minimum Gasteiger partial charge on any atom is -0.481 e. The molecule has 0 saturated heterocycles. The lowest BCUT2D eigenvalue weighted by atomic mass is 10.1. The standard InChI is InChI=1S/C20H21Cl2NO5/c1-20(2,28-16-9-6-13(21)10-15(16)22)19(26)23-14-7-4-12(5-8-14)17(27-3)11-18(24)25/h4-10,17H,11H2,1-3H3,(H,23,26)(H,24,25). The zero-order valence-corrected chi connectivity index (χ0v) is 17.2. The van der Waals surface area contributed by atoms with E-state index in [1.165, 1.54) is 13.2 Å². The average molecular weight is 426 g/mol. The summed E-state index contributed by atoms with van der Waals surface area (Å²) in [5, 5.41) is 12.5. The predicted molar refractivity (Wildman–Crippen MR) is 108 cm³/mol. The number of amides is 1. The van der Waals surface area contributed by atoms with Crippen molar-refractivity contribution >= 4 is 40.8 Å². The second-order valence-corrected chi connectivity index (χ2v) is 7.43. The minimum absolute atomic E-state index is 0.148. The van der Waals surface area contributed by atoms with E-state index in [-0.39, 0.29) is 12.3 Å². The van der Waals surface area contributed by atoms with Crippen LogP contribution in [-0.2, 0) is 14.3 Å². The van der Waals surface area contributed by atoms with Crippen LogP contribution in [0.25, 0.3) is 0 Å². The van der Waals surface area contributed by atoms with Gasteiger partial charge in [0.05, 0.1) is 17.5 Å². The number of carboxylic acids is 1. The van der Waals surface area contributed by atoms with Crippen molar-refractivity contribution in [1.29, 1.82) is 0 Å². The van der Waals surface area contributed by atoms with Crippen LogP contribution in [0.15, 0.2) is 42.5 Å². The van der Waals surface area contributed by atoms with E-state index < -0.39 is 17.7 Å². The van der Waals surface area contributed by atoms with E-state index in [1.807, 2.05) is 0 Å². The third kappa shape index (κ3) is 5.86. The van der Waals surface area contributed by atoms with Crippen molar-refractivity contribution < 1.29 is 24.2 Å². The molecule has 2 aromatic rings. The van der Waals surface area contributed by atoms with Crippen molar-refractivity contribution in [1.82, 2.24) is 0 Å². The summed E-state index contributed by atoms with van der Waals surface area (Å²) in [5.74, 6) is -0.984. The molecule has 1 amide bonds. The zero-order chi connectivity index (χ0) is 20.9. The van der Waals surface area contributed by atoms with Gasteiger partial charge in [-0.1, -0.05) is 35.3 Å². The molecule has 0 bridgehead atoms. The van der Waals surface area contributed by atoms with Gasteiger partial charge in [-0.3, -0.25) is 9.59 Å². The molecule has 0 aromatic heterocycles. The maximum absolute atomic E-state index is 12.6. The van der Waals surface area contributed by atoms with Gasteiger partial charge in [0.2, 0.25) is 0 Å². The van der Waals surface area contributed by atoms with E-state index in [0.29, 0.717) is 27.0 Å².